The minimum Gasteiger partial charge on any atom is -0.147 e. The maximum Gasteiger partial charge on any atom is 0.159 e. The first-order valence-corrected chi connectivity index (χ1v) is 2.86. The molecule has 1 aromatic heterocycles. The zero-order chi connectivity index (χ0) is 5.11. The van der Waals surface area contributed by atoms with E-state index in [1.807, 2.05) is 0 Å². The summed E-state index contributed by atoms with van der Waals surface area (Å²) < 4.78 is 0. The van der Waals surface area contributed by atoms with E-state index in [1.165, 1.54) is 11.3 Å². The summed E-state index contributed by atoms with van der Waals surface area (Å²) in [4.78, 5) is 0. The molecular weight excluding hydrogens is 128 g/mol. The number of aromatic nitrogens is 2. The van der Waals surface area contributed by atoms with Crippen LogP contribution in [0.5, 0.6) is 0 Å². The second kappa shape index (κ2) is 2.09. The molecule has 1 rings (SSSR count). The summed E-state index contributed by atoms with van der Waals surface area (Å²) in [7, 11) is 0. The van der Waals surface area contributed by atoms with Gasteiger partial charge in [-0.25, -0.2) is 0 Å². The van der Waals surface area contributed by atoms with E-state index >= 15 is 0 Å². The van der Waals surface area contributed by atoms with Gasteiger partial charge in [0.05, 0.1) is 5.37 Å². The quantitative estimate of drug-likeness (QED) is 0.524. The first-order chi connectivity index (χ1) is 3.43. The van der Waals surface area contributed by atoms with Gasteiger partial charge in [0, 0.05) is 0 Å². The first kappa shape index (κ1) is 4.80. The van der Waals surface area contributed by atoms with E-state index in [9.17, 15) is 0 Å². The van der Waals surface area contributed by atoms with Gasteiger partial charge in [0.25, 0.3) is 0 Å². The van der Waals surface area contributed by atoms with Gasteiger partial charge in [-0.15, -0.1) is 10.2 Å². The molecule has 0 saturated carbocycles. The van der Waals surface area contributed by atoms with Crippen molar-refractivity contribution in [3.63, 3.8) is 0 Å². The van der Waals surface area contributed by atoms with Gasteiger partial charge >= 0.3 is 0 Å². The maximum absolute atomic E-state index is 4.43. The summed E-state index contributed by atoms with van der Waals surface area (Å²) in [6.07, 6.45) is 0. The van der Waals surface area contributed by atoms with Crippen LogP contribution in [0.3, 0.4) is 0 Å². The van der Waals surface area contributed by atoms with E-state index in [1.54, 1.807) is 5.51 Å². The van der Waals surface area contributed by atoms with Crippen LogP contribution in [-0.2, 0) is 0 Å². The Morgan fingerprint density at radius 3 is 3.00 bits per heavy atom. The van der Waals surface area contributed by atoms with Gasteiger partial charge in [0.1, 0.15) is 5.51 Å². The minimum atomic E-state index is 0.676. The van der Waals surface area contributed by atoms with Crippen LogP contribution in [0, 0.1) is 0 Å². The fraction of sp³-hybridized carbons (Fsp3) is 0. The third-order valence-electron chi connectivity index (χ3n) is 0.447. The van der Waals surface area contributed by atoms with Gasteiger partial charge in [-0.05, 0) is 0 Å². The second-order valence-electron chi connectivity index (χ2n) is 0.846. The summed E-state index contributed by atoms with van der Waals surface area (Å²) in [5, 5.41) is 10.2. The van der Waals surface area contributed by atoms with Crippen LogP contribution >= 0.6 is 23.6 Å². The molecule has 0 N–H and O–H groups in total. The van der Waals surface area contributed by atoms with Crippen LogP contribution in [0.4, 0.5) is 0 Å². The molecule has 35 valence electrons. The normalized spacial score (nSPS) is 8.57. The van der Waals surface area contributed by atoms with Crippen LogP contribution in [-0.4, -0.2) is 15.6 Å². The standard InChI is InChI=1S/C3HN2S2/c6-1-3-5-4-2-7-3/h2H. The monoisotopic (exact) mass is 129 g/mol. The third-order valence-corrected chi connectivity index (χ3v) is 1.38. The van der Waals surface area contributed by atoms with Crippen LogP contribution in [0.1, 0.15) is 5.01 Å². The van der Waals surface area contributed by atoms with Gasteiger partial charge in [0.15, 0.2) is 5.01 Å². The van der Waals surface area contributed by atoms with Crippen molar-refractivity contribution in [3.8, 4) is 0 Å². The molecule has 0 spiro atoms. The molecule has 1 heterocycles. The van der Waals surface area contributed by atoms with Crippen LogP contribution in [0.25, 0.3) is 0 Å². The van der Waals surface area contributed by atoms with E-state index in [0.717, 1.165) is 0 Å². The SMILES string of the molecule is S=[C]c1nncs1. The average Bonchev–Trinajstić information content (AvgIpc) is 2.14. The topological polar surface area (TPSA) is 25.8 Å². The lowest BCUT2D eigenvalue weighted by Gasteiger charge is -1.63. The molecule has 0 bridgehead atoms. The Bertz CT molecular complexity index is 146. The summed E-state index contributed by atoms with van der Waals surface area (Å²) in [6, 6.07) is 0. The first-order valence-electron chi connectivity index (χ1n) is 1.58. The molecule has 1 aromatic rings. The van der Waals surface area contributed by atoms with E-state index in [0.29, 0.717) is 5.01 Å². The van der Waals surface area contributed by atoms with Gasteiger partial charge in [-0.1, -0.05) is 23.6 Å². The fourth-order valence-electron chi connectivity index (χ4n) is 0.218. The highest BCUT2D eigenvalue weighted by Gasteiger charge is 1.85. The Balaban J connectivity index is 2.96. The predicted octanol–water partition coefficient (Wildman–Crippen LogP) is 0.763. The highest BCUT2D eigenvalue weighted by molar-refractivity contribution is 7.79. The van der Waals surface area contributed by atoms with Crippen molar-refractivity contribution < 1.29 is 0 Å². The molecule has 0 amide bonds. The summed E-state index contributed by atoms with van der Waals surface area (Å²) >= 11 is 5.82. The highest BCUT2D eigenvalue weighted by Crippen LogP contribution is 1.95. The Hall–Kier alpha value is -0.350. The molecule has 0 saturated heterocycles. The van der Waals surface area contributed by atoms with Crippen molar-refractivity contribution in [3.05, 3.63) is 10.5 Å². The lowest BCUT2D eigenvalue weighted by molar-refractivity contribution is 1.08. The van der Waals surface area contributed by atoms with E-state index in [-0.39, 0.29) is 0 Å². The van der Waals surface area contributed by atoms with E-state index in [2.05, 4.69) is 27.8 Å². The Morgan fingerprint density at radius 2 is 2.71 bits per heavy atom. The average molecular weight is 129 g/mol. The molecule has 1 radical (unpaired) electrons. The van der Waals surface area contributed by atoms with Gasteiger partial charge in [-0.3, -0.25) is 0 Å². The molecular formula is C3HN2S2. The fourth-order valence-corrected chi connectivity index (χ4v) is 0.739. The van der Waals surface area contributed by atoms with Crippen molar-refractivity contribution in [2.75, 3.05) is 0 Å². The molecule has 7 heavy (non-hydrogen) atoms. The molecule has 2 nitrogen and oxygen atoms in total. The molecule has 0 atom stereocenters. The van der Waals surface area contributed by atoms with Crippen molar-refractivity contribution in [1.29, 1.82) is 0 Å². The molecule has 0 unspecified atom stereocenters. The minimum absolute atomic E-state index is 0.676. The highest BCUT2D eigenvalue weighted by atomic mass is 32.1. The number of nitrogens with zero attached hydrogens (tertiary/aromatic N) is 2. The Kier molecular flexibility index (Phi) is 1.43. The maximum atomic E-state index is 4.43. The Morgan fingerprint density at radius 1 is 1.86 bits per heavy atom. The third kappa shape index (κ3) is 1.01. The van der Waals surface area contributed by atoms with E-state index < -0.39 is 0 Å². The van der Waals surface area contributed by atoms with E-state index in [4.69, 9.17) is 0 Å². The molecule has 0 aliphatic carbocycles. The number of thiocarbonyl (C=S) groups is 1. The van der Waals surface area contributed by atoms with Crippen molar-refractivity contribution in [1.82, 2.24) is 10.2 Å². The molecule has 0 aliphatic rings. The molecule has 4 heteroatoms. The second-order valence-corrected chi connectivity index (χ2v) is 1.88. The van der Waals surface area contributed by atoms with Gasteiger partial charge in [0.2, 0.25) is 0 Å². The zero-order valence-electron chi connectivity index (χ0n) is 3.29. The molecule has 0 aromatic carbocycles. The lowest BCUT2D eigenvalue weighted by atomic mass is 10.9. The zero-order valence-corrected chi connectivity index (χ0v) is 4.92. The van der Waals surface area contributed by atoms with Crippen molar-refractivity contribution in [2.45, 2.75) is 0 Å². The number of hydrogen-bond donors (Lipinski definition) is 0. The Labute approximate surface area is 50.2 Å². The number of hydrogen-bond acceptors (Lipinski definition) is 4. The largest absolute Gasteiger partial charge is 0.159 e. The van der Waals surface area contributed by atoms with Crippen LogP contribution < -0.4 is 0 Å². The number of rotatable bonds is 1. The summed E-state index contributed by atoms with van der Waals surface area (Å²) in [5.41, 5.74) is 1.62. The van der Waals surface area contributed by atoms with Crippen molar-refractivity contribution in [2.24, 2.45) is 0 Å². The van der Waals surface area contributed by atoms with Gasteiger partial charge in [-0.2, -0.15) is 0 Å². The van der Waals surface area contributed by atoms with Crippen molar-refractivity contribution >= 4 is 28.9 Å². The molecule has 0 aliphatic heterocycles. The van der Waals surface area contributed by atoms with Crippen LogP contribution in [0.2, 0.25) is 0 Å². The van der Waals surface area contributed by atoms with Crippen LogP contribution in [0.15, 0.2) is 5.51 Å². The summed E-state index contributed by atoms with van der Waals surface area (Å²) in [5.74, 6) is 0. The smallest absolute Gasteiger partial charge is 0.147 e. The predicted molar refractivity (Wildman–Crippen MR) is 31.6 cm³/mol. The summed E-state index contributed by atoms with van der Waals surface area (Å²) in [6.45, 7) is 0. The lowest BCUT2D eigenvalue weighted by Crippen LogP contribution is -1.72. The van der Waals surface area contributed by atoms with Gasteiger partial charge < -0.3 is 0 Å². The molecule has 0 fully saturated rings.